The van der Waals surface area contributed by atoms with Crippen LogP contribution in [0.3, 0.4) is 0 Å². The summed E-state index contributed by atoms with van der Waals surface area (Å²) < 4.78 is 10.8. The molecule has 6 heteroatoms. The van der Waals surface area contributed by atoms with Crippen molar-refractivity contribution in [1.29, 1.82) is 0 Å². The third kappa shape index (κ3) is 3.95. The van der Waals surface area contributed by atoms with Gasteiger partial charge >= 0.3 is 0 Å². The predicted octanol–water partition coefficient (Wildman–Crippen LogP) is 3.39. The van der Waals surface area contributed by atoms with Crippen molar-refractivity contribution in [2.75, 3.05) is 32.2 Å². The van der Waals surface area contributed by atoms with E-state index in [4.69, 9.17) is 9.47 Å². The van der Waals surface area contributed by atoms with Crippen LogP contribution in [0.4, 0.5) is 5.69 Å². The number of ether oxygens (including phenoxy) is 2. The van der Waals surface area contributed by atoms with Gasteiger partial charge in [0.25, 0.3) is 5.56 Å². The normalized spacial score (nSPS) is 10.6. The summed E-state index contributed by atoms with van der Waals surface area (Å²) in [5.41, 5.74) is 1.85. The quantitative estimate of drug-likeness (QED) is 0.794. The zero-order chi connectivity index (χ0) is 18.4. The smallest absolute Gasteiger partial charge is 0.275 e. The zero-order valence-electron chi connectivity index (χ0n) is 15.7. The number of H-pyrrole nitrogens is 1. The van der Waals surface area contributed by atoms with Crippen molar-refractivity contribution in [1.82, 2.24) is 9.97 Å². The largest absolute Gasteiger partial charge is 0.496 e. The maximum Gasteiger partial charge on any atom is 0.275 e. The molecule has 0 aliphatic carbocycles. The average molecular weight is 345 g/mol. The number of aryl methyl sites for hydroxylation is 1. The maximum absolute atomic E-state index is 12.8. The second-order valence-corrected chi connectivity index (χ2v) is 5.87. The highest BCUT2D eigenvalue weighted by atomic mass is 16.5. The maximum atomic E-state index is 12.8. The highest BCUT2D eigenvalue weighted by Crippen LogP contribution is 2.36. The molecule has 136 valence electrons. The van der Waals surface area contributed by atoms with Gasteiger partial charge in [0.15, 0.2) is 0 Å². The van der Waals surface area contributed by atoms with Gasteiger partial charge < -0.3 is 19.4 Å². The SMILES string of the molecule is CCCN(CCC)c1c(C)nc(-c2c(OC)cccc2OC)[nH]c1=O. The molecule has 1 aromatic heterocycles. The van der Waals surface area contributed by atoms with E-state index in [0.29, 0.717) is 34.3 Å². The number of rotatable bonds is 8. The Morgan fingerprint density at radius 1 is 1.08 bits per heavy atom. The van der Waals surface area contributed by atoms with Crippen LogP contribution < -0.4 is 19.9 Å². The van der Waals surface area contributed by atoms with Crippen molar-refractivity contribution in [3.05, 3.63) is 34.2 Å². The first-order chi connectivity index (χ1) is 12.1. The van der Waals surface area contributed by atoms with E-state index in [1.807, 2.05) is 25.1 Å². The predicted molar refractivity (Wildman–Crippen MR) is 101 cm³/mol. The third-order valence-electron chi connectivity index (χ3n) is 4.04. The molecule has 1 heterocycles. The summed E-state index contributed by atoms with van der Waals surface area (Å²) in [6.45, 7) is 7.74. The zero-order valence-corrected chi connectivity index (χ0v) is 15.7. The first-order valence-electron chi connectivity index (χ1n) is 8.64. The lowest BCUT2D eigenvalue weighted by molar-refractivity contribution is 0.397. The lowest BCUT2D eigenvalue weighted by atomic mass is 10.1. The van der Waals surface area contributed by atoms with Gasteiger partial charge in [-0.3, -0.25) is 4.79 Å². The van der Waals surface area contributed by atoms with Gasteiger partial charge in [0.05, 0.1) is 19.9 Å². The number of nitrogens with one attached hydrogen (secondary N) is 1. The van der Waals surface area contributed by atoms with Gasteiger partial charge in [-0.25, -0.2) is 4.98 Å². The molecule has 2 aromatic rings. The first-order valence-corrected chi connectivity index (χ1v) is 8.64. The number of hydrogen-bond donors (Lipinski definition) is 1. The van der Waals surface area contributed by atoms with Crippen LogP contribution in [-0.4, -0.2) is 37.3 Å². The van der Waals surface area contributed by atoms with Gasteiger partial charge in [-0.15, -0.1) is 0 Å². The first kappa shape index (κ1) is 18.8. The van der Waals surface area contributed by atoms with Crippen molar-refractivity contribution in [3.63, 3.8) is 0 Å². The summed E-state index contributed by atoms with van der Waals surface area (Å²) in [5.74, 6) is 1.66. The minimum atomic E-state index is -0.141. The van der Waals surface area contributed by atoms with E-state index in [2.05, 4.69) is 28.7 Å². The molecule has 2 rings (SSSR count). The number of hydrogen-bond acceptors (Lipinski definition) is 5. The molecule has 0 bridgehead atoms. The molecule has 0 radical (unpaired) electrons. The van der Waals surface area contributed by atoms with Crippen molar-refractivity contribution in [2.45, 2.75) is 33.6 Å². The van der Waals surface area contributed by atoms with E-state index in [1.165, 1.54) is 0 Å². The number of benzene rings is 1. The van der Waals surface area contributed by atoms with E-state index in [-0.39, 0.29) is 5.56 Å². The van der Waals surface area contributed by atoms with E-state index in [9.17, 15) is 4.79 Å². The van der Waals surface area contributed by atoms with Crippen molar-refractivity contribution < 1.29 is 9.47 Å². The monoisotopic (exact) mass is 345 g/mol. The molecule has 0 amide bonds. The van der Waals surface area contributed by atoms with Gasteiger partial charge in [0, 0.05) is 13.1 Å². The average Bonchev–Trinajstić information content (AvgIpc) is 2.60. The molecule has 1 N–H and O–H groups in total. The van der Waals surface area contributed by atoms with Gasteiger partial charge in [-0.05, 0) is 31.9 Å². The summed E-state index contributed by atoms with van der Waals surface area (Å²) in [4.78, 5) is 22.5. The molecular weight excluding hydrogens is 318 g/mol. The van der Waals surface area contributed by atoms with Crippen LogP contribution in [0.5, 0.6) is 11.5 Å². The summed E-state index contributed by atoms with van der Waals surface area (Å²) in [6, 6.07) is 5.48. The van der Waals surface area contributed by atoms with Gasteiger partial charge in [0.2, 0.25) is 0 Å². The molecule has 1 aromatic carbocycles. The number of aromatic amines is 1. The molecule has 0 atom stereocenters. The van der Waals surface area contributed by atoms with E-state index >= 15 is 0 Å². The van der Waals surface area contributed by atoms with Crippen molar-refractivity contribution in [2.24, 2.45) is 0 Å². The minimum absolute atomic E-state index is 0.141. The Hall–Kier alpha value is -2.50. The lowest BCUT2D eigenvalue weighted by Crippen LogP contribution is -2.32. The summed E-state index contributed by atoms with van der Waals surface area (Å²) in [5, 5.41) is 0. The molecule has 0 saturated heterocycles. The van der Waals surface area contributed by atoms with E-state index < -0.39 is 0 Å². The molecule has 0 unspecified atom stereocenters. The molecule has 0 saturated carbocycles. The Bertz CT molecular complexity index is 743. The highest BCUT2D eigenvalue weighted by Gasteiger charge is 2.19. The van der Waals surface area contributed by atoms with Gasteiger partial charge in [0.1, 0.15) is 28.6 Å². The molecule has 0 aliphatic heterocycles. The van der Waals surface area contributed by atoms with Gasteiger partial charge in [-0.2, -0.15) is 0 Å². The fourth-order valence-electron chi connectivity index (χ4n) is 3.03. The Morgan fingerprint density at radius 2 is 1.64 bits per heavy atom. The van der Waals surface area contributed by atoms with Crippen LogP contribution in [0.25, 0.3) is 11.4 Å². The molecular formula is C19H27N3O3. The molecule has 25 heavy (non-hydrogen) atoms. The minimum Gasteiger partial charge on any atom is -0.496 e. The Balaban J connectivity index is 2.60. The fourth-order valence-corrected chi connectivity index (χ4v) is 3.03. The molecule has 6 nitrogen and oxygen atoms in total. The van der Waals surface area contributed by atoms with Crippen LogP contribution >= 0.6 is 0 Å². The van der Waals surface area contributed by atoms with Crippen LogP contribution in [0.15, 0.2) is 23.0 Å². The standard InChI is InChI=1S/C19H27N3O3/c1-6-11-22(12-7-2)17-13(3)20-18(21-19(17)23)16-14(24-4)9-8-10-15(16)25-5/h8-10H,6-7,11-12H2,1-5H3,(H,20,21,23). The highest BCUT2D eigenvalue weighted by molar-refractivity contribution is 5.72. The van der Waals surface area contributed by atoms with Crippen molar-refractivity contribution in [3.8, 4) is 22.9 Å². The summed E-state index contributed by atoms with van der Waals surface area (Å²) in [6.07, 6.45) is 1.95. The number of aromatic nitrogens is 2. The molecule has 0 aliphatic rings. The summed E-state index contributed by atoms with van der Waals surface area (Å²) in [7, 11) is 3.17. The van der Waals surface area contributed by atoms with Crippen LogP contribution in [-0.2, 0) is 0 Å². The topological polar surface area (TPSA) is 67.5 Å². The molecule has 0 spiro atoms. The fraction of sp³-hybridized carbons (Fsp3) is 0.474. The van der Waals surface area contributed by atoms with E-state index in [0.717, 1.165) is 25.9 Å². The lowest BCUT2D eigenvalue weighted by Gasteiger charge is -2.24. The number of nitrogens with zero attached hydrogens (tertiary/aromatic N) is 2. The Morgan fingerprint density at radius 3 is 2.08 bits per heavy atom. The summed E-state index contributed by atoms with van der Waals surface area (Å²) >= 11 is 0. The Kier molecular flexibility index (Phi) is 6.44. The van der Waals surface area contributed by atoms with E-state index in [1.54, 1.807) is 14.2 Å². The third-order valence-corrected chi connectivity index (χ3v) is 4.04. The molecule has 0 fully saturated rings. The Labute approximate surface area is 148 Å². The van der Waals surface area contributed by atoms with Crippen molar-refractivity contribution >= 4 is 5.69 Å². The van der Waals surface area contributed by atoms with Crippen LogP contribution in [0, 0.1) is 6.92 Å². The number of methoxy groups -OCH3 is 2. The number of anilines is 1. The van der Waals surface area contributed by atoms with Gasteiger partial charge in [-0.1, -0.05) is 19.9 Å². The van der Waals surface area contributed by atoms with Crippen LogP contribution in [0.1, 0.15) is 32.4 Å². The second kappa shape index (κ2) is 8.55. The second-order valence-electron chi connectivity index (χ2n) is 5.87. The van der Waals surface area contributed by atoms with Crippen LogP contribution in [0.2, 0.25) is 0 Å².